The van der Waals surface area contributed by atoms with Crippen LogP contribution in [0.25, 0.3) is 0 Å². The number of imide groups is 1. The molecule has 2 aliphatic rings. The van der Waals surface area contributed by atoms with E-state index in [2.05, 4.69) is 21.2 Å². The molecule has 1 saturated heterocycles. The number of rotatable bonds is 7. The maximum Gasteiger partial charge on any atom is 0.329 e. The third-order valence-corrected chi connectivity index (χ3v) is 6.12. The van der Waals surface area contributed by atoms with E-state index in [0.29, 0.717) is 18.5 Å². The monoisotopic (exact) mass is 490 g/mol. The number of carbonyl (C=O) groups excluding carboxylic acids is 4. The van der Waals surface area contributed by atoms with Crippen molar-refractivity contribution < 1.29 is 23.9 Å². The highest BCUT2D eigenvalue weighted by atomic mass is 79.9. The molecule has 3 amide bonds. The van der Waals surface area contributed by atoms with Gasteiger partial charge >= 0.3 is 5.97 Å². The average Bonchev–Trinajstić information content (AvgIpc) is 2.97. The number of halogens is 1. The van der Waals surface area contributed by atoms with Gasteiger partial charge < -0.3 is 10.1 Å². The second kappa shape index (κ2) is 9.77. The minimum atomic E-state index is -1.02. The molecule has 1 aromatic rings. The molecule has 0 spiro atoms. The zero-order valence-corrected chi connectivity index (χ0v) is 19.5. The number of likely N-dealkylation sites (tertiary alicyclic amines) is 1. The summed E-state index contributed by atoms with van der Waals surface area (Å²) in [5.41, 5.74) is 1.47. The summed E-state index contributed by atoms with van der Waals surface area (Å²) < 4.78 is 6.13. The van der Waals surface area contributed by atoms with E-state index >= 15 is 0 Å². The Morgan fingerprint density at radius 1 is 1.16 bits per heavy atom. The number of carbonyl (C=O) groups is 4. The minimum Gasteiger partial charge on any atom is -0.454 e. The second-order valence-corrected chi connectivity index (χ2v) is 9.38. The van der Waals surface area contributed by atoms with Crippen LogP contribution in [-0.4, -0.2) is 41.2 Å². The Hall–Kier alpha value is -2.48. The summed E-state index contributed by atoms with van der Waals surface area (Å²) in [5, 5.41) is 2.71. The highest BCUT2D eigenvalue weighted by Crippen LogP contribution is 2.37. The van der Waals surface area contributed by atoms with Gasteiger partial charge in [0.2, 0.25) is 11.8 Å². The van der Waals surface area contributed by atoms with Gasteiger partial charge in [-0.1, -0.05) is 41.9 Å². The van der Waals surface area contributed by atoms with E-state index in [1.54, 1.807) is 12.1 Å². The molecule has 0 bridgehead atoms. The third-order valence-electron chi connectivity index (χ3n) is 5.63. The van der Waals surface area contributed by atoms with Crippen LogP contribution in [0, 0.1) is 24.7 Å². The molecule has 1 N–H and O–H groups in total. The third kappa shape index (κ3) is 5.23. The Bertz CT molecular complexity index is 901. The first kappa shape index (κ1) is 23.2. The zero-order chi connectivity index (χ0) is 22.7. The normalized spacial score (nSPS) is 21.3. The van der Waals surface area contributed by atoms with E-state index in [1.807, 2.05) is 39.0 Å². The first-order valence-electron chi connectivity index (χ1n) is 10.4. The number of hydrogen-bond acceptors (Lipinski definition) is 5. The topological polar surface area (TPSA) is 92.8 Å². The standard InChI is InChI=1S/C23H27BrN2O5/c1-13(2)10-19(26-21(28)16-6-4-5-7-17(16)22(26)29)23(30)31-12-20(27)25-18-9-8-15(24)11-14(18)3/h4-5,8-9,11,13,16-17,19H,6-7,10,12H2,1-3H3,(H,25,27). The van der Waals surface area contributed by atoms with Gasteiger partial charge in [0, 0.05) is 10.2 Å². The van der Waals surface area contributed by atoms with E-state index in [1.165, 1.54) is 0 Å². The van der Waals surface area contributed by atoms with E-state index in [4.69, 9.17) is 4.74 Å². The summed E-state index contributed by atoms with van der Waals surface area (Å²) in [4.78, 5) is 52.0. The van der Waals surface area contributed by atoms with Crippen molar-refractivity contribution in [2.45, 2.75) is 46.1 Å². The highest BCUT2D eigenvalue weighted by Gasteiger charge is 2.51. The second-order valence-electron chi connectivity index (χ2n) is 8.46. The van der Waals surface area contributed by atoms with Gasteiger partial charge in [0.15, 0.2) is 6.61 Å². The zero-order valence-electron chi connectivity index (χ0n) is 17.9. The van der Waals surface area contributed by atoms with Crippen LogP contribution in [0.15, 0.2) is 34.8 Å². The average molecular weight is 491 g/mol. The Labute approximate surface area is 190 Å². The van der Waals surface area contributed by atoms with Crippen molar-refractivity contribution in [3.63, 3.8) is 0 Å². The van der Waals surface area contributed by atoms with Crippen molar-refractivity contribution >= 4 is 45.3 Å². The molecule has 0 saturated carbocycles. The first-order chi connectivity index (χ1) is 14.7. The largest absolute Gasteiger partial charge is 0.454 e. The fourth-order valence-corrected chi connectivity index (χ4v) is 4.55. The lowest BCUT2D eigenvalue weighted by atomic mass is 9.85. The highest BCUT2D eigenvalue weighted by molar-refractivity contribution is 9.10. The first-order valence-corrected chi connectivity index (χ1v) is 11.2. The maximum atomic E-state index is 12.9. The van der Waals surface area contributed by atoms with Crippen molar-refractivity contribution in [1.29, 1.82) is 0 Å². The van der Waals surface area contributed by atoms with Crippen LogP contribution in [0.4, 0.5) is 5.69 Å². The van der Waals surface area contributed by atoms with Crippen molar-refractivity contribution in [2.75, 3.05) is 11.9 Å². The van der Waals surface area contributed by atoms with E-state index in [0.717, 1.165) is 14.9 Å². The summed E-state index contributed by atoms with van der Waals surface area (Å²) in [5.74, 6) is -2.64. The molecule has 3 rings (SSSR count). The lowest BCUT2D eigenvalue weighted by molar-refractivity contribution is -0.160. The smallest absolute Gasteiger partial charge is 0.329 e. The van der Waals surface area contributed by atoms with Gasteiger partial charge in [-0.15, -0.1) is 0 Å². The molecular formula is C23H27BrN2O5. The summed E-state index contributed by atoms with van der Waals surface area (Å²) in [6, 6.07) is 4.39. The quantitative estimate of drug-likeness (QED) is 0.358. The predicted molar refractivity (Wildman–Crippen MR) is 119 cm³/mol. The van der Waals surface area contributed by atoms with Gasteiger partial charge in [0.1, 0.15) is 6.04 Å². The molecule has 8 heteroatoms. The Morgan fingerprint density at radius 3 is 2.32 bits per heavy atom. The van der Waals surface area contributed by atoms with Gasteiger partial charge in [-0.25, -0.2) is 4.79 Å². The summed E-state index contributed by atoms with van der Waals surface area (Å²) in [6.45, 7) is 5.17. The van der Waals surface area contributed by atoms with Gasteiger partial charge in [-0.3, -0.25) is 19.3 Å². The predicted octanol–water partition coefficient (Wildman–Crippen LogP) is 3.61. The number of nitrogens with zero attached hydrogens (tertiary/aromatic N) is 1. The van der Waals surface area contributed by atoms with Crippen LogP contribution < -0.4 is 5.32 Å². The number of benzene rings is 1. The number of amides is 3. The van der Waals surface area contributed by atoms with E-state index < -0.39 is 36.4 Å². The number of nitrogens with one attached hydrogen (secondary N) is 1. The number of allylic oxidation sites excluding steroid dienone is 2. The molecule has 0 aromatic heterocycles. The molecule has 31 heavy (non-hydrogen) atoms. The van der Waals surface area contributed by atoms with Crippen LogP contribution in [0.1, 0.15) is 38.7 Å². The molecule has 1 heterocycles. The van der Waals surface area contributed by atoms with E-state index in [-0.39, 0.29) is 24.2 Å². The molecule has 3 atom stereocenters. The number of hydrogen-bond donors (Lipinski definition) is 1. The fourth-order valence-electron chi connectivity index (χ4n) is 4.07. The molecule has 1 aliphatic carbocycles. The van der Waals surface area contributed by atoms with Crippen LogP contribution in [0.2, 0.25) is 0 Å². The Kier molecular flexibility index (Phi) is 7.30. The van der Waals surface area contributed by atoms with Crippen LogP contribution in [-0.2, 0) is 23.9 Å². The molecule has 7 nitrogen and oxygen atoms in total. The van der Waals surface area contributed by atoms with Gasteiger partial charge in [-0.05, 0) is 55.9 Å². The van der Waals surface area contributed by atoms with Crippen LogP contribution in [0.3, 0.4) is 0 Å². The number of anilines is 1. The number of aryl methyl sites for hydroxylation is 1. The molecule has 0 radical (unpaired) electrons. The van der Waals surface area contributed by atoms with Gasteiger partial charge in [0.25, 0.3) is 5.91 Å². The SMILES string of the molecule is Cc1cc(Br)ccc1NC(=O)COC(=O)C(CC(C)C)N1C(=O)C2CC=CCC2C1=O. The fraction of sp³-hybridized carbons (Fsp3) is 0.478. The summed E-state index contributed by atoms with van der Waals surface area (Å²) in [7, 11) is 0. The van der Waals surface area contributed by atoms with Crippen molar-refractivity contribution in [2.24, 2.45) is 17.8 Å². The van der Waals surface area contributed by atoms with Crippen LogP contribution >= 0.6 is 15.9 Å². The van der Waals surface area contributed by atoms with Gasteiger partial charge in [-0.2, -0.15) is 0 Å². The van der Waals surface area contributed by atoms with Crippen molar-refractivity contribution in [3.05, 3.63) is 40.4 Å². The Morgan fingerprint density at radius 2 is 1.77 bits per heavy atom. The van der Waals surface area contributed by atoms with E-state index in [9.17, 15) is 19.2 Å². The number of fused-ring (bicyclic) bond motifs is 1. The molecule has 1 aromatic carbocycles. The molecule has 1 aliphatic heterocycles. The molecule has 1 fully saturated rings. The molecule has 3 unspecified atom stereocenters. The number of ether oxygens (including phenoxy) is 1. The lowest BCUT2D eigenvalue weighted by Crippen LogP contribution is -2.47. The maximum absolute atomic E-state index is 12.9. The molecule has 166 valence electrons. The van der Waals surface area contributed by atoms with Gasteiger partial charge in [0.05, 0.1) is 11.8 Å². The lowest BCUT2D eigenvalue weighted by Gasteiger charge is -2.26. The molecular weight excluding hydrogens is 464 g/mol. The van der Waals surface area contributed by atoms with Crippen molar-refractivity contribution in [1.82, 2.24) is 4.90 Å². The Balaban J connectivity index is 1.67. The summed E-state index contributed by atoms with van der Waals surface area (Å²) in [6.07, 6.45) is 5.10. The number of esters is 1. The van der Waals surface area contributed by atoms with Crippen LogP contribution in [0.5, 0.6) is 0 Å². The minimum absolute atomic E-state index is 0.0538. The summed E-state index contributed by atoms with van der Waals surface area (Å²) >= 11 is 3.37. The van der Waals surface area contributed by atoms with Crippen molar-refractivity contribution in [3.8, 4) is 0 Å².